The summed E-state index contributed by atoms with van der Waals surface area (Å²) in [5, 5.41) is 3.17. The maximum Gasteiger partial charge on any atom is 0.134 e. The Hall–Kier alpha value is -1.32. The summed E-state index contributed by atoms with van der Waals surface area (Å²) in [5.74, 6) is 3.74. The highest BCUT2D eigenvalue weighted by Crippen LogP contribution is 2.32. The summed E-state index contributed by atoms with van der Waals surface area (Å²) < 4.78 is 0. The lowest BCUT2D eigenvalue weighted by Gasteiger charge is -2.25. The zero-order chi connectivity index (χ0) is 14.5. The standard InChI is InChI=1S/C16H28N4/c1-5-6-14-18-15(17-4)11-16(19-14)20(13-7-8-13)10-9-12(2)3/h11-13H,5-10H2,1-4H3,(H,17,18,19). The van der Waals surface area contributed by atoms with Gasteiger partial charge in [0.05, 0.1) is 0 Å². The van der Waals surface area contributed by atoms with Crippen molar-refractivity contribution in [1.29, 1.82) is 0 Å². The minimum absolute atomic E-state index is 0.697. The van der Waals surface area contributed by atoms with E-state index in [2.05, 4.69) is 42.0 Å². The van der Waals surface area contributed by atoms with Gasteiger partial charge in [0.2, 0.25) is 0 Å². The van der Waals surface area contributed by atoms with Crippen LogP contribution in [0.1, 0.15) is 52.3 Å². The fourth-order valence-electron chi connectivity index (χ4n) is 2.36. The minimum atomic E-state index is 0.697. The van der Waals surface area contributed by atoms with E-state index < -0.39 is 0 Å². The van der Waals surface area contributed by atoms with Crippen LogP contribution >= 0.6 is 0 Å². The fraction of sp³-hybridized carbons (Fsp3) is 0.750. The number of anilines is 2. The molecule has 1 saturated carbocycles. The van der Waals surface area contributed by atoms with Gasteiger partial charge in [-0.1, -0.05) is 20.8 Å². The van der Waals surface area contributed by atoms with Gasteiger partial charge in [0.1, 0.15) is 17.5 Å². The number of hydrogen-bond acceptors (Lipinski definition) is 4. The number of rotatable bonds is 8. The smallest absolute Gasteiger partial charge is 0.134 e. The van der Waals surface area contributed by atoms with Crippen molar-refractivity contribution in [3.8, 4) is 0 Å². The second-order valence-corrected chi connectivity index (χ2v) is 6.13. The molecule has 0 saturated heterocycles. The van der Waals surface area contributed by atoms with Gasteiger partial charge in [0, 0.05) is 32.1 Å². The van der Waals surface area contributed by atoms with Crippen molar-refractivity contribution in [1.82, 2.24) is 9.97 Å². The summed E-state index contributed by atoms with van der Waals surface area (Å²) in [4.78, 5) is 11.8. The zero-order valence-electron chi connectivity index (χ0n) is 13.3. The zero-order valence-corrected chi connectivity index (χ0v) is 13.3. The summed E-state index contributed by atoms with van der Waals surface area (Å²) in [5.41, 5.74) is 0. The van der Waals surface area contributed by atoms with E-state index in [1.807, 2.05) is 7.05 Å². The second kappa shape index (κ2) is 6.91. The molecule has 112 valence electrons. The monoisotopic (exact) mass is 276 g/mol. The molecule has 4 heteroatoms. The maximum absolute atomic E-state index is 4.79. The van der Waals surface area contributed by atoms with E-state index in [-0.39, 0.29) is 0 Å². The number of nitrogens with zero attached hydrogens (tertiary/aromatic N) is 3. The molecule has 4 nitrogen and oxygen atoms in total. The van der Waals surface area contributed by atoms with Crippen molar-refractivity contribution in [3.05, 3.63) is 11.9 Å². The van der Waals surface area contributed by atoms with Gasteiger partial charge in [-0.3, -0.25) is 0 Å². The van der Waals surface area contributed by atoms with Crippen LogP contribution in [-0.4, -0.2) is 29.6 Å². The van der Waals surface area contributed by atoms with Crippen LogP contribution in [0.2, 0.25) is 0 Å². The molecule has 0 aliphatic heterocycles. The van der Waals surface area contributed by atoms with Gasteiger partial charge in [-0.2, -0.15) is 0 Å². The van der Waals surface area contributed by atoms with Gasteiger partial charge >= 0.3 is 0 Å². The van der Waals surface area contributed by atoms with E-state index in [0.717, 1.165) is 42.8 Å². The Morgan fingerprint density at radius 2 is 2.10 bits per heavy atom. The van der Waals surface area contributed by atoms with Gasteiger partial charge in [-0.25, -0.2) is 9.97 Å². The van der Waals surface area contributed by atoms with Gasteiger partial charge < -0.3 is 10.2 Å². The molecular formula is C16H28N4. The topological polar surface area (TPSA) is 41.1 Å². The quantitative estimate of drug-likeness (QED) is 0.789. The van der Waals surface area contributed by atoms with Crippen LogP contribution in [0.15, 0.2) is 6.07 Å². The predicted molar refractivity (Wildman–Crippen MR) is 85.4 cm³/mol. The minimum Gasteiger partial charge on any atom is -0.373 e. The van der Waals surface area contributed by atoms with E-state index in [1.54, 1.807) is 0 Å². The molecular weight excluding hydrogens is 248 g/mol. The first-order chi connectivity index (χ1) is 9.63. The molecule has 1 N–H and O–H groups in total. The van der Waals surface area contributed by atoms with Crippen molar-refractivity contribution in [3.63, 3.8) is 0 Å². The molecule has 1 aliphatic carbocycles. The summed E-state index contributed by atoms with van der Waals surface area (Å²) >= 11 is 0. The van der Waals surface area contributed by atoms with E-state index in [0.29, 0.717) is 6.04 Å². The predicted octanol–water partition coefficient (Wildman–Crippen LogP) is 3.49. The first-order valence-electron chi connectivity index (χ1n) is 7.96. The van der Waals surface area contributed by atoms with Gasteiger partial charge in [0.25, 0.3) is 0 Å². The molecule has 0 bridgehead atoms. The molecule has 2 rings (SSSR count). The van der Waals surface area contributed by atoms with Gasteiger partial charge in [-0.05, 0) is 31.6 Å². The van der Waals surface area contributed by atoms with E-state index in [1.165, 1.54) is 19.3 Å². The highest BCUT2D eigenvalue weighted by molar-refractivity contribution is 5.50. The maximum atomic E-state index is 4.79. The molecule has 20 heavy (non-hydrogen) atoms. The van der Waals surface area contributed by atoms with Crippen molar-refractivity contribution < 1.29 is 0 Å². The Morgan fingerprint density at radius 3 is 2.65 bits per heavy atom. The van der Waals surface area contributed by atoms with E-state index in [4.69, 9.17) is 4.98 Å². The SMILES string of the molecule is CCCc1nc(NC)cc(N(CCC(C)C)C2CC2)n1. The molecule has 1 aromatic heterocycles. The number of aryl methyl sites for hydroxylation is 1. The fourth-order valence-corrected chi connectivity index (χ4v) is 2.36. The van der Waals surface area contributed by atoms with Crippen LogP contribution in [-0.2, 0) is 6.42 Å². The third-order valence-electron chi connectivity index (χ3n) is 3.72. The van der Waals surface area contributed by atoms with Crippen LogP contribution in [0.5, 0.6) is 0 Å². The van der Waals surface area contributed by atoms with Crippen molar-refractivity contribution >= 4 is 11.6 Å². The Balaban J connectivity index is 2.19. The summed E-state index contributed by atoms with van der Waals surface area (Å²) in [6.45, 7) is 7.85. The number of nitrogens with one attached hydrogen (secondary N) is 1. The highest BCUT2D eigenvalue weighted by Gasteiger charge is 2.30. The number of aromatic nitrogens is 2. The van der Waals surface area contributed by atoms with E-state index in [9.17, 15) is 0 Å². The molecule has 0 spiro atoms. The highest BCUT2D eigenvalue weighted by atomic mass is 15.2. The van der Waals surface area contributed by atoms with Gasteiger partial charge in [-0.15, -0.1) is 0 Å². The molecule has 0 unspecified atom stereocenters. The first-order valence-corrected chi connectivity index (χ1v) is 7.96. The van der Waals surface area contributed by atoms with Crippen LogP contribution in [0.4, 0.5) is 11.6 Å². The molecule has 1 fully saturated rings. The lowest BCUT2D eigenvalue weighted by molar-refractivity contribution is 0.567. The molecule has 0 amide bonds. The van der Waals surface area contributed by atoms with Crippen molar-refractivity contribution in [2.75, 3.05) is 23.8 Å². The molecule has 0 atom stereocenters. The molecule has 1 heterocycles. The van der Waals surface area contributed by atoms with Crippen molar-refractivity contribution in [2.24, 2.45) is 5.92 Å². The molecule has 1 aromatic rings. The van der Waals surface area contributed by atoms with Crippen LogP contribution in [0.25, 0.3) is 0 Å². The Labute approximate surface area is 123 Å². The summed E-state index contributed by atoms with van der Waals surface area (Å²) in [7, 11) is 1.93. The average Bonchev–Trinajstić information content (AvgIpc) is 3.23. The lowest BCUT2D eigenvalue weighted by atomic mass is 10.1. The second-order valence-electron chi connectivity index (χ2n) is 6.13. The Kier molecular flexibility index (Phi) is 5.21. The molecule has 0 radical (unpaired) electrons. The lowest BCUT2D eigenvalue weighted by Crippen LogP contribution is -2.29. The molecule has 0 aromatic carbocycles. The summed E-state index contributed by atoms with van der Waals surface area (Å²) in [6, 6.07) is 2.79. The van der Waals surface area contributed by atoms with Gasteiger partial charge in [0.15, 0.2) is 0 Å². The number of hydrogen-bond donors (Lipinski definition) is 1. The first kappa shape index (κ1) is 15.1. The van der Waals surface area contributed by atoms with E-state index >= 15 is 0 Å². The van der Waals surface area contributed by atoms with Crippen LogP contribution in [0.3, 0.4) is 0 Å². The van der Waals surface area contributed by atoms with Crippen LogP contribution in [0, 0.1) is 5.92 Å². The largest absolute Gasteiger partial charge is 0.373 e. The van der Waals surface area contributed by atoms with Crippen LogP contribution < -0.4 is 10.2 Å². The third kappa shape index (κ3) is 4.09. The van der Waals surface area contributed by atoms with Crippen molar-refractivity contribution in [2.45, 2.75) is 58.9 Å². The average molecular weight is 276 g/mol. The summed E-state index contributed by atoms with van der Waals surface area (Å²) in [6.07, 6.45) is 5.87. The Bertz CT molecular complexity index is 426. The third-order valence-corrected chi connectivity index (χ3v) is 3.72. The molecule has 1 aliphatic rings. The normalized spacial score (nSPS) is 14.7. The Morgan fingerprint density at radius 1 is 1.35 bits per heavy atom.